The standard InChI is InChI=1S/C20H26BrN3O5S/c1-3-9-28-16-6-5-13(21)11-14(16)18(26)23-20(30)24-8-7-22-19(27)15(24)12-17(25)29-10-4-2/h5-6,11,15H,3-4,7-10,12H2,1-2H3,(H,22,27)(H,23,26,30). The van der Waals surface area contributed by atoms with Crippen molar-refractivity contribution in [1.29, 1.82) is 0 Å². The Kier molecular flexibility index (Phi) is 9.51. The number of nitrogens with zero attached hydrogens (tertiary/aromatic N) is 1. The van der Waals surface area contributed by atoms with E-state index in [9.17, 15) is 14.4 Å². The normalized spacial score (nSPS) is 15.9. The topological polar surface area (TPSA) is 97.0 Å². The van der Waals surface area contributed by atoms with Gasteiger partial charge in [-0.3, -0.25) is 19.7 Å². The second-order valence-corrected chi connectivity index (χ2v) is 7.98. The highest BCUT2D eigenvalue weighted by Crippen LogP contribution is 2.24. The van der Waals surface area contributed by atoms with Gasteiger partial charge in [-0.1, -0.05) is 29.8 Å². The number of esters is 1. The van der Waals surface area contributed by atoms with Crippen LogP contribution >= 0.6 is 28.1 Å². The van der Waals surface area contributed by atoms with Crippen LogP contribution in [0.15, 0.2) is 22.7 Å². The molecule has 1 aliphatic heterocycles. The molecule has 1 heterocycles. The number of benzene rings is 1. The van der Waals surface area contributed by atoms with Gasteiger partial charge in [0, 0.05) is 17.6 Å². The predicted molar refractivity (Wildman–Crippen MR) is 119 cm³/mol. The summed E-state index contributed by atoms with van der Waals surface area (Å²) in [5, 5.41) is 5.45. The summed E-state index contributed by atoms with van der Waals surface area (Å²) in [6.45, 7) is 5.35. The van der Waals surface area contributed by atoms with Crippen molar-refractivity contribution >= 4 is 51.0 Å². The maximum Gasteiger partial charge on any atom is 0.308 e. The number of nitrogens with one attached hydrogen (secondary N) is 2. The average molecular weight is 500 g/mol. The second kappa shape index (κ2) is 11.8. The Morgan fingerprint density at radius 3 is 2.73 bits per heavy atom. The van der Waals surface area contributed by atoms with Gasteiger partial charge in [-0.15, -0.1) is 0 Å². The zero-order chi connectivity index (χ0) is 22.1. The van der Waals surface area contributed by atoms with Gasteiger partial charge < -0.3 is 19.7 Å². The van der Waals surface area contributed by atoms with E-state index in [0.717, 1.165) is 10.9 Å². The Morgan fingerprint density at radius 2 is 2.03 bits per heavy atom. The Bertz CT molecular complexity index is 805. The third-order valence-corrected chi connectivity index (χ3v) is 5.12. The SMILES string of the molecule is CCCOC(=O)CC1C(=O)NCCN1C(=S)NC(=O)c1cc(Br)ccc1OCCC. The van der Waals surface area contributed by atoms with Crippen LogP contribution in [0.1, 0.15) is 43.5 Å². The van der Waals surface area contributed by atoms with Crippen molar-refractivity contribution in [1.82, 2.24) is 15.5 Å². The third-order valence-electron chi connectivity index (χ3n) is 4.29. The molecule has 1 saturated heterocycles. The number of thiocarbonyl (C=S) groups is 1. The van der Waals surface area contributed by atoms with E-state index in [1.165, 1.54) is 0 Å². The molecular formula is C20H26BrN3O5S. The first-order valence-corrected chi connectivity index (χ1v) is 11.0. The lowest BCUT2D eigenvalue weighted by Crippen LogP contribution is -2.60. The zero-order valence-corrected chi connectivity index (χ0v) is 19.4. The molecule has 2 amide bonds. The summed E-state index contributed by atoms with van der Waals surface area (Å²) in [5.41, 5.74) is 0.320. The molecule has 0 saturated carbocycles. The van der Waals surface area contributed by atoms with Crippen molar-refractivity contribution < 1.29 is 23.9 Å². The molecule has 0 aromatic heterocycles. The number of hydrogen-bond donors (Lipinski definition) is 2. The van der Waals surface area contributed by atoms with Crippen LogP contribution in [0.25, 0.3) is 0 Å². The number of carbonyl (C=O) groups excluding carboxylic acids is 3. The minimum Gasteiger partial charge on any atom is -0.493 e. The molecular weight excluding hydrogens is 474 g/mol. The molecule has 8 nitrogen and oxygen atoms in total. The molecule has 0 spiro atoms. The van der Waals surface area contributed by atoms with E-state index in [0.29, 0.717) is 37.4 Å². The molecule has 1 fully saturated rings. The average Bonchev–Trinajstić information content (AvgIpc) is 2.72. The fraction of sp³-hybridized carbons (Fsp3) is 0.500. The molecule has 164 valence electrons. The van der Waals surface area contributed by atoms with Gasteiger partial charge in [-0.05, 0) is 43.3 Å². The van der Waals surface area contributed by atoms with E-state index in [4.69, 9.17) is 21.7 Å². The van der Waals surface area contributed by atoms with E-state index in [-0.39, 0.29) is 24.0 Å². The Balaban J connectivity index is 2.12. The fourth-order valence-electron chi connectivity index (χ4n) is 2.85. The predicted octanol–water partition coefficient (Wildman–Crippen LogP) is 2.40. The maximum atomic E-state index is 12.9. The minimum atomic E-state index is -0.839. The second-order valence-electron chi connectivity index (χ2n) is 6.67. The molecule has 30 heavy (non-hydrogen) atoms. The number of halogens is 1. The van der Waals surface area contributed by atoms with Gasteiger partial charge in [0.2, 0.25) is 5.91 Å². The van der Waals surface area contributed by atoms with E-state index < -0.39 is 17.9 Å². The summed E-state index contributed by atoms with van der Waals surface area (Å²) in [7, 11) is 0. The van der Waals surface area contributed by atoms with Crippen LogP contribution in [0, 0.1) is 0 Å². The van der Waals surface area contributed by atoms with E-state index in [1.807, 2.05) is 13.8 Å². The molecule has 10 heteroatoms. The fourth-order valence-corrected chi connectivity index (χ4v) is 3.52. The van der Waals surface area contributed by atoms with Crippen LogP contribution in [0.4, 0.5) is 0 Å². The van der Waals surface area contributed by atoms with E-state index in [1.54, 1.807) is 23.1 Å². The van der Waals surface area contributed by atoms with Gasteiger partial charge >= 0.3 is 5.97 Å². The van der Waals surface area contributed by atoms with Crippen molar-refractivity contribution in [2.75, 3.05) is 26.3 Å². The molecule has 0 radical (unpaired) electrons. The molecule has 0 aliphatic carbocycles. The summed E-state index contributed by atoms with van der Waals surface area (Å²) < 4.78 is 11.5. The lowest BCUT2D eigenvalue weighted by Gasteiger charge is -2.36. The highest BCUT2D eigenvalue weighted by Gasteiger charge is 2.34. The number of rotatable bonds is 8. The summed E-state index contributed by atoms with van der Waals surface area (Å²) in [6.07, 6.45) is 1.34. The van der Waals surface area contributed by atoms with Crippen molar-refractivity contribution in [2.24, 2.45) is 0 Å². The molecule has 0 bridgehead atoms. The van der Waals surface area contributed by atoms with Crippen molar-refractivity contribution in [3.05, 3.63) is 28.2 Å². The number of ether oxygens (including phenoxy) is 2. The van der Waals surface area contributed by atoms with Gasteiger partial charge in [0.25, 0.3) is 5.91 Å². The van der Waals surface area contributed by atoms with Crippen LogP contribution in [-0.2, 0) is 14.3 Å². The van der Waals surface area contributed by atoms with Gasteiger partial charge in [-0.25, -0.2) is 0 Å². The van der Waals surface area contributed by atoms with Crippen LogP contribution in [0.3, 0.4) is 0 Å². The number of amides is 2. The van der Waals surface area contributed by atoms with Gasteiger partial charge in [-0.2, -0.15) is 0 Å². The molecule has 1 atom stereocenters. The Labute approximate surface area is 189 Å². The smallest absolute Gasteiger partial charge is 0.308 e. The quantitative estimate of drug-likeness (QED) is 0.418. The molecule has 2 rings (SSSR count). The van der Waals surface area contributed by atoms with E-state index >= 15 is 0 Å². The van der Waals surface area contributed by atoms with Gasteiger partial charge in [0.1, 0.15) is 11.8 Å². The molecule has 1 unspecified atom stereocenters. The molecule has 1 aromatic rings. The Hall–Kier alpha value is -2.20. The highest BCUT2D eigenvalue weighted by molar-refractivity contribution is 9.10. The van der Waals surface area contributed by atoms with Gasteiger partial charge in [0.05, 0.1) is 25.2 Å². The van der Waals surface area contributed by atoms with Crippen molar-refractivity contribution in [2.45, 2.75) is 39.2 Å². The highest BCUT2D eigenvalue weighted by atomic mass is 79.9. The van der Waals surface area contributed by atoms with Gasteiger partial charge in [0.15, 0.2) is 5.11 Å². The van der Waals surface area contributed by atoms with E-state index in [2.05, 4.69) is 26.6 Å². The largest absolute Gasteiger partial charge is 0.493 e. The first kappa shape index (κ1) is 24.1. The maximum absolute atomic E-state index is 12.9. The van der Waals surface area contributed by atoms with Crippen LogP contribution in [0.5, 0.6) is 5.75 Å². The summed E-state index contributed by atoms with van der Waals surface area (Å²) in [5.74, 6) is -0.830. The Morgan fingerprint density at radius 1 is 1.30 bits per heavy atom. The van der Waals surface area contributed by atoms with Crippen molar-refractivity contribution in [3.8, 4) is 5.75 Å². The number of carbonyl (C=O) groups is 3. The monoisotopic (exact) mass is 499 g/mol. The lowest BCUT2D eigenvalue weighted by atomic mass is 10.1. The van der Waals surface area contributed by atoms with Crippen molar-refractivity contribution in [3.63, 3.8) is 0 Å². The minimum absolute atomic E-state index is 0.0737. The molecule has 1 aliphatic rings. The summed E-state index contributed by atoms with van der Waals surface area (Å²) in [4.78, 5) is 38.8. The third kappa shape index (κ3) is 6.66. The lowest BCUT2D eigenvalue weighted by molar-refractivity contribution is -0.147. The first-order valence-electron chi connectivity index (χ1n) is 9.85. The van der Waals surface area contributed by atoms with Crippen LogP contribution in [0.2, 0.25) is 0 Å². The van der Waals surface area contributed by atoms with Crippen LogP contribution in [-0.4, -0.2) is 60.1 Å². The molecule has 1 aromatic carbocycles. The molecule has 2 N–H and O–H groups in total. The number of piperazine rings is 1. The summed E-state index contributed by atoms with van der Waals surface area (Å²) >= 11 is 8.75. The first-order chi connectivity index (χ1) is 14.4. The van der Waals surface area contributed by atoms with Crippen LogP contribution < -0.4 is 15.4 Å². The zero-order valence-electron chi connectivity index (χ0n) is 17.0. The number of hydrogen-bond acceptors (Lipinski definition) is 6. The summed E-state index contributed by atoms with van der Waals surface area (Å²) in [6, 6.07) is 4.30.